The van der Waals surface area contributed by atoms with Crippen molar-refractivity contribution in [1.82, 2.24) is 5.32 Å². The van der Waals surface area contributed by atoms with Crippen molar-refractivity contribution in [2.75, 3.05) is 6.54 Å². The Morgan fingerprint density at radius 3 is 2.36 bits per heavy atom. The summed E-state index contributed by atoms with van der Waals surface area (Å²) < 4.78 is 0. The van der Waals surface area contributed by atoms with E-state index in [1.54, 1.807) is 0 Å². The molecule has 14 heavy (non-hydrogen) atoms. The fourth-order valence-electron chi connectivity index (χ4n) is 1.27. The highest BCUT2D eigenvalue weighted by Gasteiger charge is 2.13. The Morgan fingerprint density at radius 1 is 1.14 bits per heavy atom. The van der Waals surface area contributed by atoms with Crippen LogP contribution in [-0.4, -0.2) is 6.54 Å². The van der Waals surface area contributed by atoms with Crippen LogP contribution in [-0.2, 0) is 6.54 Å². The average molecular weight is 191 g/mol. The average Bonchev–Trinajstić information content (AvgIpc) is 2.19. The number of rotatable bonds is 5. The quantitative estimate of drug-likeness (QED) is 0.753. The maximum absolute atomic E-state index is 3.49. The molecule has 0 atom stereocenters. The lowest BCUT2D eigenvalue weighted by Crippen LogP contribution is -2.28. The van der Waals surface area contributed by atoms with Gasteiger partial charge in [0.1, 0.15) is 0 Å². The van der Waals surface area contributed by atoms with Crippen LogP contribution in [0.1, 0.15) is 32.8 Å². The second-order valence-electron chi connectivity index (χ2n) is 4.61. The van der Waals surface area contributed by atoms with Gasteiger partial charge in [0, 0.05) is 13.1 Å². The molecule has 0 saturated carbocycles. The Balaban J connectivity index is 2.29. The SMILES string of the molecule is CCC(C)(C)CNCc1ccccc1. The molecule has 0 spiro atoms. The Morgan fingerprint density at radius 2 is 1.79 bits per heavy atom. The van der Waals surface area contributed by atoms with Gasteiger partial charge in [0.05, 0.1) is 0 Å². The molecule has 78 valence electrons. The highest BCUT2D eigenvalue weighted by atomic mass is 14.9. The molecule has 0 aliphatic rings. The van der Waals surface area contributed by atoms with Crippen molar-refractivity contribution in [1.29, 1.82) is 0 Å². The largest absolute Gasteiger partial charge is 0.312 e. The number of hydrogen-bond donors (Lipinski definition) is 1. The zero-order valence-corrected chi connectivity index (χ0v) is 9.51. The molecule has 1 nitrogen and oxygen atoms in total. The Labute approximate surface area is 87.5 Å². The van der Waals surface area contributed by atoms with E-state index in [-0.39, 0.29) is 0 Å². The highest BCUT2D eigenvalue weighted by molar-refractivity contribution is 5.14. The molecule has 0 aliphatic heterocycles. The molecule has 0 radical (unpaired) electrons. The second-order valence-corrected chi connectivity index (χ2v) is 4.61. The summed E-state index contributed by atoms with van der Waals surface area (Å²) in [5.74, 6) is 0. The molecule has 0 aliphatic carbocycles. The minimum atomic E-state index is 0.411. The molecular formula is C13H21N. The van der Waals surface area contributed by atoms with Crippen LogP contribution in [0.15, 0.2) is 30.3 Å². The van der Waals surface area contributed by atoms with Crippen molar-refractivity contribution < 1.29 is 0 Å². The van der Waals surface area contributed by atoms with Crippen molar-refractivity contribution in [3.8, 4) is 0 Å². The second kappa shape index (κ2) is 5.16. The van der Waals surface area contributed by atoms with Crippen LogP contribution >= 0.6 is 0 Å². The first-order valence-corrected chi connectivity index (χ1v) is 5.39. The molecule has 0 amide bonds. The van der Waals surface area contributed by atoms with E-state index in [1.165, 1.54) is 12.0 Å². The van der Waals surface area contributed by atoms with Crippen molar-refractivity contribution in [2.45, 2.75) is 33.7 Å². The Hall–Kier alpha value is -0.820. The third kappa shape index (κ3) is 3.93. The maximum atomic E-state index is 3.49. The van der Waals surface area contributed by atoms with E-state index in [2.05, 4.69) is 56.4 Å². The van der Waals surface area contributed by atoms with Gasteiger partial charge in [-0.25, -0.2) is 0 Å². The monoisotopic (exact) mass is 191 g/mol. The van der Waals surface area contributed by atoms with Gasteiger partial charge in [0.25, 0.3) is 0 Å². The van der Waals surface area contributed by atoms with Gasteiger partial charge in [0.15, 0.2) is 0 Å². The van der Waals surface area contributed by atoms with Crippen LogP contribution < -0.4 is 5.32 Å². The molecule has 1 N–H and O–H groups in total. The van der Waals surface area contributed by atoms with Crippen LogP contribution in [0.2, 0.25) is 0 Å². The summed E-state index contributed by atoms with van der Waals surface area (Å²) in [5.41, 5.74) is 1.77. The summed E-state index contributed by atoms with van der Waals surface area (Å²) in [6.07, 6.45) is 1.22. The molecule has 0 aromatic heterocycles. The minimum Gasteiger partial charge on any atom is -0.312 e. The van der Waals surface area contributed by atoms with E-state index in [9.17, 15) is 0 Å². The van der Waals surface area contributed by atoms with Crippen LogP contribution in [0.3, 0.4) is 0 Å². The molecule has 1 aromatic carbocycles. The first kappa shape index (κ1) is 11.3. The maximum Gasteiger partial charge on any atom is 0.0205 e. The Bertz CT molecular complexity index is 251. The fourth-order valence-corrected chi connectivity index (χ4v) is 1.27. The van der Waals surface area contributed by atoms with Gasteiger partial charge in [-0.05, 0) is 17.4 Å². The summed E-state index contributed by atoms with van der Waals surface area (Å²) in [7, 11) is 0. The minimum absolute atomic E-state index is 0.411. The first-order chi connectivity index (χ1) is 6.64. The molecule has 0 heterocycles. The molecule has 0 saturated heterocycles. The van der Waals surface area contributed by atoms with Crippen molar-refractivity contribution in [3.05, 3.63) is 35.9 Å². The smallest absolute Gasteiger partial charge is 0.0205 e. The molecule has 0 fully saturated rings. The van der Waals surface area contributed by atoms with Crippen molar-refractivity contribution >= 4 is 0 Å². The molecule has 0 unspecified atom stereocenters. The number of benzene rings is 1. The van der Waals surface area contributed by atoms with Crippen LogP contribution in [0.25, 0.3) is 0 Å². The zero-order valence-electron chi connectivity index (χ0n) is 9.51. The van der Waals surface area contributed by atoms with Gasteiger partial charge in [-0.2, -0.15) is 0 Å². The van der Waals surface area contributed by atoms with E-state index in [1.807, 2.05) is 0 Å². The van der Waals surface area contributed by atoms with Gasteiger partial charge < -0.3 is 5.32 Å². The highest BCUT2D eigenvalue weighted by Crippen LogP contribution is 2.17. The van der Waals surface area contributed by atoms with E-state index in [0.29, 0.717) is 5.41 Å². The molecular weight excluding hydrogens is 170 g/mol. The summed E-state index contributed by atoms with van der Waals surface area (Å²) in [6, 6.07) is 10.5. The van der Waals surface area contributed by atoms with E-state index >= 15 is 0 Å². The molecule has 1 heteroatoms. The lowest BCUT2D eigenvalue weighted by molar-refractivity contribution is 0.327. The topological polar surface area (TPSA) is 12.0 Å². The van der Waals surface area contributed by atoms with Crippen molar-refractivity contribution in [2.24, 2.45) is 5.41 Å². The summed E-state index contributed by atoms with van der Waals surface area (Å²) in [4.78, 5) is 0. The number of nitrogens with one attached hydrogen (secondary N) is 1. The molecule has 0 bridgehead atoms. The standard InChI is InChI=1S/C13H21N/c1-4-13(2,3)11-14-10-12-8-6-5-7-9-12/h5-9,14H,4,10-11H2,1-3H3. The molecule has 1 aromatic rings. The zero-order chi connectivity index (χ0) is 10.4. The third-order valence-electron chi connectivity index (χ3n) is 2.73. The summed E-state index contributed by atoms with van der Waals surface area (Å²) in [5, 5.41) is 3.49. The predicted octanol–water partition coefficient (Wildman–Crippen LogP) is 3.21. The van der Waals surface area contributed by atoms with Crippen LogP contribution in [0.5, 0.6) is 0 Å². The van der Waals surface area contributed by atoms with E-state index in [0.717, 1.165) is 13.1 Å². The van der Waals surface area contributed by atoms with Gasteiger partial charge in [-0.15, -0.1) is 0 Å². The Kier molecular flexibility index (Phi) is 4.15. The summed E-state index contributed by atoms with van der Waals surface area (Å²) >= 11 is 0. The van der Waals surface area contributed by atoms with E-state index < -0.39 is 0 Å². The lowest BCUT2D eigenvalue weighted by atomic mass is 9.90. The lowest BCUT2D eigenvalue weighted by Gasteiger charge is -2.22. The van der Waals surface area contributed by atoms with Gasteiger partial charge in [-0.1, -0.05) is 51.1 Å². The first-order valence-electron chi connectivity index (χ1n) is 5.39. The van der Waals surface area contributed by atoms with E-state index in [4.69, 9.17) is 0 Å². The van der Waals surface area contributed by atoms with Gasteiger partial charge in [0.2, 0.25) is 0 Å². The van der Waals surface area contributed by atoms with Gasteiger partial charge >= 0.3 is 0 Å². The normalized spacial score (nSPS) is 11.6. The summed E-state index contributed by atoms with van der Waals surface area (Å²) in [6.45, 7) is 8.89. The van der Waals surface area contributed by atoms with Gasteiger partial charge in [-0.3, -0.25) is 0 Å². The van der Waals surface area contributed by atoms with Crippen molar-refractivity contribution in [3.63, 3.8) is 0 Å². The fraction of sp³-hybridized carbons (Fsp3) is 0.538. The third-order valence-corrected chi connectivity index (χ3v) is 2.73. The molecule has 1 rings (SSSR count). The number of hydrogen-bond acceptors (Lipinski definition) is 1. The van der Waals surface area contributed by atoms with Crippen LogP contribution in [0, 0.1) is 5.41 Å². The van der Waals surface area contributed by atoms with Crippen LogP contribution in [0.4, 0.5) is 0 Å². The predicted molar refractivity (Wildman–Crippen MR) is 62.2 cm³/mol.